The number of aryl methyl sites for hydroxylation is 2. The van der Waals surface area contributed by atoms with Gasteiger partial charge in [0, 0.05) is 11.8 Å². The van der Waals surface area contributed by atoms with E-state index in [1.54, 1.807) is 0 Å². The van der Waals surface area contributed by atoms with Gasteiger partial charge in [-0.3, -0.25) is 0 Å². The van der Waals surface area contributed by atoms with Gasteiger partial charge in [-0.2, -0.15) is 4.98 Å². The second-order valence-electron chi connectivity index (χ2n) is 4.07. The molecule has 0 aliphatic heterocycles. The molecule has 0 saturated heterocycles. The molecule has 0 bridgehead atoms. The zero-order chi connectivity index (χ0) is 12.4. The van der Waals surface area contributed by atoms with Gasteiger partial charge in [-0.05, 0) is 32.9 Å². The highest BCUT2D eigenvalue weighted by Crippen LogP contribution is 2.20. The fourth-order valence-corrected chi connectivity index (χ4v) is 1.64. The lowest BCUT2D eigenvalue weighted by molar-refractivity contribution is 0.466. The first-order chi connectivity index (χ1) is 8.04. The molecule has 0 aliphatic rings. The molecule has 0 aromatic carbocycles. The third-order valence-corrected chi connectivity index (χ3v) is 2.42. The van der Waals surface area contributed by atoms with E-state index in [9.17, 15) is 0 Å². The van der Waals surface area contributed by atoms with Crippen LogP contribution in [0.4, 0.5) is 11.8 Å². The molecule has 0 fully saturated rings. The van der Waals surface area contributed by atoms with E-state index in [4.69, 9.17) is 10.2 Å². The second kappa shape index (κ2) is 4.45. The predicted octanol–water partition coefficient (Wildman–Crippen LogP) is 2.44. The number of hydrogen-bond donors (Lipinski definition) is 2. The summed E-state index contributed by atoms with van der Waals surface area (Å²) in [6.07, 6.45) is 0. The molecule has 0 radical (unpaired) electrons. The van der Waals surface area contributed by atoms with Crippen LogP contribution in [0.5, 0.6) is 0 Å². The van der Waals surface area contributed by atoms with Crippen LogP contribution in [0.1, 0.15) is 30.2 Å². The summed E-state index contributed by atoms with van der Waals surface area (Å²) in [4.78, 5) is 8.14. The van der Waals surface area contributed by atoms with Crippen molar-refractivity contribution in [2.24, 2.45) is 0 Å². The van der Waals surface area contributed by atoms with Gasteiger partial charge in [0.15, 0.2) is 0 Å². The summed E-state index contributed by atoms with van der Waals surface area (Å²) < 4.78 is 5.54. The van der Waals surface area contributed by atoms with Gasteiger partial charge in [-0.25, -0.2) is 4.98 Å². The second-order valence-corrected chi connectivity index (χ2v) is 4.07. The third-order valence-electron chi connectivity index (χ3n) is 2.42. The van der Waals surface area contributed by atoms with E-state index < -0.39 is 0 Å². The average molecular weight is 232 g/mol. The van der Waals surface area contributed by atoms with Crippen LogP contribution in [-0.2, 0) is 0 Å². The molecule has 5 nitrogen and oxygen atoms in total. The first-order valence-electron chi connectivity index (χ1n) is 5.48. The Morgan fingerprint density at radius 1 is 1.29 bits per heavy atom. The van der Waals surface area contributed by atoms with Crippen molar-refractivity contribution in [1.29, 1.82) is 0 Å². The number of anilines is 2. The Labute approximate surface area is 100 Å². The normalized spacial score (nSPS) is 12.4. The van der Waals surface area contributed by atoms with Gasteiger partial charge in [0.05, 0.1) is 6.04 Å². The Morgan fingerprint density at radius 2 is 2.06 bits per heavy atom. The van der Waals surface area contributed by atoms with E-state index in [2.05, 4.69) is 15.3 Å². The molecular formula is C12H16N4O. The highest BCUT2D eigenvalue weighted by Gasteiger charge is 2.10. The zero-order valence-corrected chi connectivity index (χ0v) is 10.2. The highest BCUT2D eigenvalue weighted by atomic mass is 16.3. The summed E-state index contributed by atoms with van der Waals surface area (Å²) in [5, 5.41) is 3.23. The molecule has 3 N–H and O–H groups in total. The van der Waals surface area contributed by atoms with Crippen molar-refractivity contribution in [3.05, 3.63) is 35.4 Å². The van der Waals surface area contributed by atoms with Crippen molar-refractivity contribution in [2.75, 3.05) is 11.1 Å². The molecule has 1 unspecified atom stereocenters. The van der Waals surface area contributed by atoms with E-state index in [1.807, 2.05) is 39.0 Å². The average Bonchev–Trinajstić information content (AvgIpc) is 2.63. The van der Waals surface area contributed by atoms with Gasteiger partial charge >= 0.3 is 0 Å². The lowest BCUT2D eigenvalue weighted by Gasteiger charge is -2.12. The molecule has 2 rings (SSSR count). The maximum absolute atomic E-state index is 5.59. The Kier molecular flexibility index (Phi) is 2.99. The summed E-state index contributed by atoms with van der Waals surface area (Å²) in [7, 11) is 0. The zero-order valence-electron chi connectivity index (χ0n) is 10.2. The standard InChI is InChI=1S/C12H16N4O/c1-7-6-11(16-12(13)14-7)15-9(3)10-5-4-8(2)17-10/h4-6,9H,1-3H3,(H3,13,14,15,16). The fraction of sp³-hybridized carbons (Fsp3) is 0.333. The first-order valence-corrected chi connectivity index (χ1v) is 5.48. The number of hydrogen-bond acceptors (Lipinski definition) is 5. The highest BCUT2D eigenvalue weighted by molar-refractivity contribution is 5.41. The van der Waals surface area contributed by atoms with E-state index >= 15 is 0 Å². The number of rotatable bonds is 3. The van der Waals surface area contributed by atoms with Crippen LogP contribution in [0.25, 0.3) is 0 Å². The van der Waals surface area contributed by atoms with Gasteiger partial charge in [0.1, 0.15) is 17.3 Å². The minimum Gasteiger partial charge on any atom is -0.464 e. The van der Waals surface area contributed by atoms with E-state index in [1.165, 1.54) is 0 Å². The van der Waals surface area contributed by atoms with Gasteiger partial charge in [0.2, 0.25) is 5.95 Å². The Hall–Kier alpha value is -2.04. The van der Waals surface area contributed by atoms with E-state index in [-0.39, 0.29) is 12.0 Å². The SMILES string of the molecule is Cc1cc(NC(C)c2ccc(C)o2)nc(N)n1. The fourth-order valence-electron chi connectivity index (χ4n) is 1.64. The van der Waals surface area contributed by atoms with Crippen LogP contribution >= 0.6 is 0 Å². The number of nitrogens with two attached hydrogens (primary N) is 1. The van der Waals surface area contributed by atoms with Crippen LogP contribution in [0.2, 0.25) is 0 Å². The smallest absolute Gasteiger partial charge is 0.222 e. The monoisotopic (exact) mass is 232 g/mol. The van der Waals surface area contributed by atoms with Crippen molar-refractivity contribution in [2.45, 2.75) is 26.8 Å². The maximum Gasteiger partial charge on any atom is 0.222 e. The summed E-state index contributed by atoms with van der Waals surface area (Å²) in [5.41, 5.74) is 6.43. The van der Waals surface area contributed by atoms with Crippen LogP contribution in [-0.4, -0.2) is 9.97 Å². The van der Waals surface area contributed by atoms with E-state index in [0.717, 1.165) is 17.2 Å². The Bertz CT molecular complexity index is 501. The summed E-state index contributed by atoms with van der Waals surface area (Å²) in [6, 6.07) is 5.78. The Balaban J connectivity index is 2.15. The van der Waals surface area contributed by atoms with Gasteiger partial charge in [-0.1, -0.05) is 0 Å². The lowest BCUT2D eigenvalue weighted by atomic mass is 10.2. The number of nitrogens with one attached hydrogen (secondary N) is 1. The van der Waals surface area contributed by atoms with Crippen molar-refractivity contribution in [3.63, 3.8) is 0 Å². The van der Waals surface area contributed by atoms with Crippen molar-refractivity contribution in [1.82, 2.24) is 9.97 Å². The van der Waals surface area contributed by atoms with Gasteiger partial charge in [-0.15, -0.1) is 0 Å². The summed E-state index contributed by atoms with van der Waals surface area (Å²) >= 11 is 0. The summed E-state index contributed by atoms with van der Waals surface area (Å²) in [5.74, 6) is 2.75. The van der Waals surface area contributed by atoms with Crippen LogP contribution in [0.3, 0.4) is 0 Å². The third kappa shape index (κ3) is 2.75. The molecule has 0 amide bonds. The summed E-state index contributed by atoms with van der Waals surface area (Å²) in [6.45, 7) is 5.81. The van der Waals surface area contributed by atoms with Crippen molar-refractivity contribution < 1.29 is 4.42 Å². The largest absolute Gasteiger partial charge is 0.464 e. The minimum atomic E-state index is 0.0393. The molecule has 1 atom stereocenters. The molecule has 0 spiro atoms. The van der Waals surface area contributed by atoms with Crippen LogP contribution in [0.15, 0.2) is 22.6 Å². The van der Waals surface area contributed by atoms with Crippen molar-refractivity contribution >= 4 is 11.8 Å². The number of furan rings is 1. The lowest BCUT2D eigenvalue weighted by Crippen LogP contribution is -2.09. The number of nitrogens with zero attached hydrogens (tertiary/aromatic N) is 2. The maximum atomic E-state index is 5.59. The van der Waals surface area contributed by atoms with E-state index in [0.29, 0.717) is 5.82 Å². The number of nitrogen functional groups attached to an aromatic ring is 1. The molecule has 2 heterocycles. The molecular weight excluding hydrogens is 216 g/mol. The predicted molar refractivity (Wildman–Crippen MR) is 66.7 cm³/mol. The van der Waals surface area contributed by atoms with Crippen LogP contribution < -0.4 is 11.1 Å². The number of aromatic nitrogens is 2. The van der Waals surface area contributed by atoms with Gasteiger partial charge in [0.25, 0.3) is 0 Å². The molecule has 90 valence electrons. The van der Waals surface area contributed by atoms with Crippen molar-refractivity contribution in [3.8, 4) is 0 Å². The Morgan fingerprint density at radius 3 is 2.65 bits per heavy atom. The molecule has 0 saturated carbocycles. The minimum absolute atomic E-state index is 0.0393. The van der Waals surface area contributed by atoms with Gasteiger partial charge < -0.3 is 15.5 Å². The molecule has 2 aromatic heterocycles. The van der Waals surface area contributed by atoms with Crippen LogP contribution in [0, 0.1) is 13.8 Å². The molecule has 17 heavy (non-hydrogen) atoms. The quantitative estimate of drug-likeness (QED) is 0.849. The molecule has 5 heteroatoms. The first kappa shape index (κ1) is 11.4. The molecule has 0 aliphatic carbocycles. The topological polar surface area (TPSA) is 77.0 Å². The molecule has 2 aromatic rings.